The summed E-state index contributed by atoms with van der Waals surface area (Å²) in [6.07, 6.45) is 8.63. The van der Waals surface area contributed by atoms with Crippen LogP contribution in [0.2, 0.25) is 0 Å². The fourth-order valence-electron chi connectivity index (χ4n) is 4.74. The average Bonchev–Trinajstić information content (AvgIpc) is 3.25. The number of halogens is 1. The minimum atomic E-state index is -0.560. The molecule has 4 aromatic heterocycles. The molecule has 0 radical (unpaired) electrons. The van der Waals surface area contributed by atoms with Gasteiger partial charge in [-0.05, 0) is 37.4 Å². The van der Waals surface area contributed by atoms with E-state index < -0.39 is 5.82 Å². The molecule has 12 heteroatoms. The van der Waals surface area contributed by atoms with Gasteiger partial charge in [0.1, 0.15) is 5.39 Å². The number of anilines is 3. The van der Waals surface area contributed by atoms with Crippen LogP contribution in [0.4, 0.5) is 21.7 Å². The molecule has 6 rings (SSSR count). The Labute approximate surface area is 229 Å². The molecule has 1 fully saturated rings. The van der Waals surface area contributed by atoms with Crippen LogP contribution in [0, 0.1) is 5.82 Å². The molecule has 1 aliphatic heterocycles. The van der Waals surface area contributed by atoms with E-state index in [2.05, 4.69) is 65.8 Å². The Morgan fingerprint density at radius 1 is 1.02 bits per heavy atom. The maximum absolute atomic E-state index is 14.7. The standard InChI is InChI=1S/C28H27FN10O/c1-3-10-38-27(40)22-16-33-28(34-19-4-6-20(7-5-19)37-13-11-36(2)12-14-37)35-26(22)39(38)25-15-21(23(29)17-32-25)24-18-30-8-9-31-24/h3-9,15-18H,1,10-14H2,2H3,(H,33,34,35). The van der Waals surface area contributed by atoms with Gasteiger partial charge in [0.25, 0.3) is 5.56 Å². The fraction of sp³-hybridized carbons (Fsp3) is 0.214. The molecule has 0 bridgehead atoms. The summed E-state index contributed by atoms with van der Waals surface area (Å²) in [6.45, 7) is 7.99. The molecule has 0 unspecified atom stereocenters. The lowest BCUT2D eigenvalue weighted by Crippen LogP contribution is -2.44. The molecule has 0 atom stereocenters. The van der Waals surface area contributed by atoms with Gasteiger partial charge in [0.15, 0.2) is 17.3 Å². The van der Waals surface area contributed by atoms with Crippen molar-refractivity contribution in [3.8, 4) is 17.1 Å². The van der Waals surface area contributed by atoms with Crippen molar-refractivity contribution in [1.29, 1.82) is 0 Å². The summed E-state index contributed by atoms with van der Waals surface area (Å²) in [5, 5.41) is 3.52. The van der Waals surface area contributed by atoms with Gasteiger partial charge in [-0.25, -0.2) is 23.7 Å². The molecule has 202 valence electrons. The van der Waals surface area contributed by atoms with E-state index >= 15 is 0 Å². The maximum Gasteiger partial charge on any atom is 0.278 e. The number of nitrogens with one attached hydrogen (secondary N) is 1. The van der Waals surface area contributed by atoms with Crippen LogP contribution < -0.4 is 15.8 Å². The summed E-state index contributed by atoms with van der Waals surface area (Å²) in [6, 6.07) is 9.61. The van der Waals surface area contributed by atoms with Crippen molar-refractivity contribution >= 4 is 28.4 Å². The second kappa shape index (κ2) is 10.7. The monoisotopic (exact) mass is 538 g/mol. The highest BCUT2D eigenvalue weighted by Crippen LogP contribution is 2.25. The number of fused-ring (bicyclic) bond motifs is 1. The molecule has 40 heavy (non-hydrogen) atoms. The van der Waals surface area contributed by atoms with Crippen molar-refractivity contribution in [3.05, 3.63) is 90.1 Å². The van der Waals surface area contributed by atoms with Gasteiger partial charge in [0.2, 0.25) is 5.95 Å². The van der Waals surface area contributed by atoms with E-state index in [-0.39, 0.29) is 23.5 Å². The molecule has 5 heterocycles. The molecule has 5 aromatic rings. The Morgan fingerprint density at radius 3 is 2.55 bits per heavy atom. The van der Waals surface area contributed by atoms with E-state index in [0.717, 1.165) is 43.8 Å². The number of hydrogen-bond donors (Lipinski definition) is 1. The Balaban J connectivity index is 1.37. The summed E-state index contributed by atoms with van der Waals surface area (Å²) in [7, 11) is 2.13. The van der Waals surface area contributed by atoms with Crippen LogP contribution in [0.25, 0.3) is 28.1 Å². The summed E-state index contributed by atoms with van der Waals surface area (Å²) in [5.41, 5.74) is 2.51. The van der Waals surface area contributed by atoms with Crippen LogP contribution in [0.3, 0.4) is 0 Å². The van der Waals surface area contributed by atoms with Crippen LogP contribution >= 0.6 is 0 Å². The highest BCUT2D eigenvalue weighted by Gasteiger charge is 2.20. The molecule has 1 aromatic carbocycles. The first-order valence-corrected chi connectivity index (χ1v) is 12.8. The van der Waals surface area contributed by atoms with Crippen molar-refractivity contribution in [3.63, 3.8) is 0 Å². The number of benzene rings is 1. The van der Waals surface area contributed by atoms with Crippen molar-refractivity contribution < 1.29 is 4.39 Å². The number of pyridine rings is 1. The first kappa shape index (κ1) is 25.3. The number of piperazine rings is 1. The number of likely N-dealkylation sites (N-methyl/N-ethyl adjacent to an activating group) is 1. The SMILES string of the molecule is C=CCn1c(=O)c2cnc(Nc3ccc(N4CCN(C)CC4)cc3)nc2n1-c1cc(-c2cnccn2)c(F)cn1. The second-order valence-corrected chi connectivity index (χ2v) is 9.49. The number of nitrogens with zero attached hydrogens (tertiary/aromatic N) is 9. The van der Waals surface area contributed by atoms with Crippen molar-refractivity contribution in [2.24, 2.45) is 0 Å². The topological polar surface area (TPSA) is 110 Å². The van der Waals surface area contributed by atoms with Gasteiger partial charge in [-0.2, -0.15) is 4.98 Å². The van der Waals surface area contributed by atoms with E-state index in [9.17, 15) is 9.18 Å². The highest BCUT2D eigenvalue weighted by atomic mass is 19.1. The molecule has 0 aliphatic carbocycles. The minimum absolute atomic E-state index is 0.186. The predicted molar refractivity (Wildman–Crippen MR) is 152 cm³/mol. The summed E-state index contributed by atoms with van der Waals surface area (Å²) in [4.78, 5) is 39.5. The molecule has 1 N–H and O–H groups in total. The zero-order valence-corrected chi connectivity index (χ0v) is 21.9. The van der Waals surface area contributed by atoms with Gasteiger partial charge >= 0.3 is 0 Å². The third-order valence-corrected chi connectivity index (χ3v) is 6.87. The number of aromatic nitrogens is 7. The summed E-state index contributed by atoms with van der Waals surface area (Å²) < 4.78 is 17.7. The normalized spacial score (nSPS) is 14.0. The number of rotatable bonds is 7. The van der Waals surface area contributed by atoms with Gasteiger partial charge in [0, 0.05) is 61.7 Å². The first-order valence-electron chi connectivity index (χ1n) is 12.8. The van der Waals surface area contributed by atoms with E-state index in [1.807, 2.05) is 12.1 Å². The maximum atomic E-state index is 14.7. The summed E-state index contributed by atoms with van der Waals surface area (Å²) in [5.74, 6) is 0.0353. The lowest BCUT2D eigenvalue weighted by Gasteiger charge is -2.34. The zero-order valence-electron chi connectivity index (χ0n) is 21.9. The van der Waals surface area contributed by atoms with Crippen molar-refractivity contribution in [1.82, 2.24) is 39.2 Å². The smallest absolute Gasteiger partial charge is 0.278 e. The van der Waals surface area contributed by atoms with E-state index in [1.54, 1.807) is 10.8 Å². The van der Waals surface area contributed by atoms with Crippen LogP contribution in [-0.4, -0.2) is 72.4 Å². The molecule has 0 saturated carbocycles. The number of allylic oxidation sites excluding steroid dienone is 1. The lowest BCUT2D eigenvalue weighted by atomic mass is 10.2. The van der Waals surface area contributed by atoms with E-state index in [4.69, 9.17) is 0 Å². The Bertz CT molecular complexity index is 1720. The molecule has 11 nitrogen and oxygen atoms in total. The fourth-order valence-corrected chi connectivity index (χ4v) is 4.74. The summed E-state index contributed by atoms with van der Waals surface area (Å²) >= 11 is 0. The van der Waals surface area contributed by atoms with Gasteiger partial charge in [-0.15, -0.1) is 6.58 Å². The quantitative estimate of drug-likeness (QED) is 0.312. The van der Waals surface area contributed by atoms with Crippen LogP contribution in [0.15, 0.2) is 78.8 Å². The van der Waals surface area contributed by atoms with Gasteiger partial charge in [-0.3, -0.25) is 14.8 Å². The van der Waals surface area contributed by atoms with Gasteiger partial charge in [0.05, 0.1) is 24.6 Å². The Hall–Kier alpha value is -4.97. The average molecular weight is 539 g/mol. The van der Waals surface area contributed by atoms with Crippen LogP contribution in [0.1, 0.15) is 0 Å². The highest BCUT2D eigenvalue weighted by molar-refractivity contribution is 5.77. The van der Waals surface area contributed by atoms with Crippen LogP contribution in [-0.2, 0) is 6.54 Å². The lowest BCUT2D eigenvalue weighted by molar-refractivity contribution is 0.313. The van der Waals surface area contributed by atoms with E-state index in [0.29, 0.717) is 22.7 Å². The van der Waals surface area contributed by atoms with Gasteiger partial charge in [-0.1, -0.05) is 6.08 Å². The Kier molecular flexibility index (Phi) is 6.74. The number of hydrogen-bond acceptors (Lipinski definition) is 9. The zero-order chi connectivity index (χ0) is 27.6. The van der Waals surface area contributed by atoms with Gasteiger partial charge < -0.3 is 15.1 Å². The predicted octanol–water partition coefficient (Wildman–Crippen LogP) is 3.25. The minimum Gasteiger partial charge on any atom is -0.369 e. The largest absolute Gasteiger partial charge is 0.369 e. The van der Waals surface area contributed by atoms with Crippen molar-refractivity contribution in [2.45, 2.75) is 6.54 Å². The van der Waals surface area contributed by atoms with Crippen LogP contribution in [0.5, 0.6) is 0 Å². The Morgan fingerprint density at radius 2 is 1.82 bits per heavy atom. The molecular formula is C28H27FN10O. The van der Waals surface area contributed by atoms with E-state index in [1.165, 1.54) is 35.5 Å². The third-order valence-electron chi connectivity index (χ3n) is 6.87. The first-order chi connectivity index (χ1) is 19.5. The molecule has 0 amide bonds. The molecule has 0 spiro atoms. The van der Waals surface area contributed by atoms with Crippen molar-refractivity contribution in [2.75, 3.05) is 43.4 Å². The molecular weight excluding hydrogens is 511 g/mol. The molecule has 1 saturated heterocycles. The third kappa shape index (κ3) is 4.80. The second-order valence-electron chi connectivity index (χ2n) is 9.49. The molecule has 1 aliphatic rings.